The summed E-state index contributed by atoms with van der Waals surface area (Å²) in [5.74, 6) is 0.837. The molecule has 1 aliphatic rings. The second kappa shape index (κ2) is 7.56. The van der Waals surface area contributed by atoms with Gasteiger partial charge in [0.05, 0.1) is 30.8 Å². The summed E-state index contributed by atoms with van der Waals surface area (Å²) in [6.45, 7) is 0. The minimum Gasteiger partial charge on any atom is -0.497 e. The first-order valence-corrected chi connectivity index (χ1v) is 9.88. The highest BCUT2D eigenvalue weighted by Gasteiger charge is 2.44. The number of primary sulfonamides is 1. The number of hydrogen-bond donors (Lipinski definition) is 1. The first-order chi connectivity index (χ1) is 13.5. The number of sulfonamides is 1. The second-order valence-electron chi connectivity index (χ2n) is 6.26. The fraction of sp³-hybridized carbons (Fsp3) is 0.278. The van der Waals surface area contributed by atoms with Crippen molar-refractivity contribution in [2.75, 3.05) is 19.2 Å². The zero-order valence-corrected chi connectivity index (χ0v) is 16.3. The lowest BCUT2D eigenvalue weighted by Gasteiger charge is -2.25. The van der Waals surface area contributed by atoms with Crippen LogP contribution in [-0.4, -0.2) is 34.5 Å². The highest BCUT2D eigenvalue weighted by molar-refractivity contribution is 7.89. The second-order valence-corrected chi connectivity index (χ2v) is 7.82. The number of hydrogen-bond acceptors (Lipinski definition) is 6. The molecule has 0 saturated heterocycles. The van der Waals surface area contributed by atoms with E-state index in [9.17, 15) is 21.6 Å². The molecule has 29 heavy (non-hydrogen) atoms. The predicted octanol–water partition coefficient (Wildman–Crippen LogP) is 3.22. The Labute approximate surface area is 165 Å². The minimum absolute atomic E-state index is 0.154. The summed E-state index contributed by atoms with van der Waals surface area (Å²) >= 11 is 0. The number of nitrogens with zero attached hydrogens (tertiary/aromatic N) is 2. The van der Waals surface area contributed by atoms with Crippen LogP contribution in [0.3, 0.4) is 0 Å². The maximum Gasteiger partial charge on any atom is 0.431 e. The van der Waals surface area contributed by atoms with E-state index in [1.54, 1.807) is 18.2 Å². The number of halogens is 3. The molecule has 7 nitrogen and oxygen atoms in total. The number of methoxy groups -OCH3 is 2. The standard InChI is InChI=1S/C18H18F3N3O4S/c1-27-12-5-8-14(16(9-12)28-2)15-10-17(18(19,20)21)23-24(15)11-3-6-13(7-4-11)29(22,25)26/h3-9,15H,10H2,1-2H3,(H2,22,25,26). The summed E-state index contributed by atoms with van der Waals surface area (Å²) in [5, 5.41) is 10.0. The third-order valence-electron chi connectivity index (χ3n) is 4.47. The molecular weight excluding hydrogens is 411 g/mol. The van der Waals surface area contributed by atoms with Gasteiger partial charge < -0.3 is 9.47 Å². The number of hydrazone groups is 1. The minimum atomic E-state index is -4.60. The molecule has 1 aliphatic heterocycles. The van der Waals surface area contributed by atoms with E-state index in [0.29, 0.717) is 17.1 Å². The Hall–Kier alpha value is -2.79. The molecule has 2 aromatic carbocycles. The molecule has 0 spiro atoms. The van der Waals surface area contributed by atoms with E-state index in [1.165, 1.54) is 43.5 Å². The van der Waals surface area contributed by atoms with Crippen molar-refractivity contribution in [2.45, 2.75) is 23.5 Å². The molecule has 11 heteroatoms. The molecule has 3 rings (SSSR count). The smallest absolute Gasteiger partial charge is 0.431 e. The summed E-state index contributed by atoms with van der Waals surface area (Å²) in [5.41, 5.74) is -0.192. The molecule has 1 unspecified atom stereocenters. The predicted molar refractivity (Wildman–Crippen MR) is 101 cm³/mol. The van der Waals surface area contributed by atoms with Crippen molar-refractivity contribution in [2.24, 2.45) is 10.2 Å². The molecule has 2 aromatic rings. The average Bonchev–Trinajstić information content (AvgIpc) is 3.12. The van der Waals surface area contributed by atoms with Crippen molar-refractivity contribution in [3.05, 3.63) is 48.0 Å². The quantitative estimate of drug-likeness (QED) is 0.788. The van der Waals surface area contributed by atoms with Gasteiger partial charge in [0, 0.05) is 18.1 Å². The molecule has 0 radical (unpaired) electrons. The van der Waals surface area contributed by atoms with E-state index < -0.39 is 34.4 Å². The van der Waals surface area contributed by atoms with Crippen molar-refractivity contribution >= 4 is 21.4 Å². The van der Waals surface area contributed by atoms with E-state index in [1.807, 2.05) is 0 Å². The van der Waals surface area contributed by atoms with Gasteiger partial charge in [0.1, 0.15) is 17.2 Å². The van der Waals surface area contributed by atoms with Gasteiger partial charge in [-0.2, -0.15) is 18.3 Å². The highest BCUT2D eigenvalue weighted by atomic mass is 32.2. The van der Waals surface area contributed by atoms with E-state index in [4.69, 9.17) is 14.6 Å². The summed E-state index contributed by atoms with van der Waals surface area (Å²) in [7, 11) is -1.06. The van der Waals surface area contributed by atoms with Crippen LogP contribution in [0.2, 0.25) is 0 Å². The van der Waals surface area contributed by atoms with Crippen LogP contribution in [0.5, 0.6) is 11.5 Å². The first-order valence-electron chi connectivity index (χ1n) is 8.33. The van der Waals surface area contributed by atoms with E-state index in [-0.39, 0.29) is 10.6 Å². The van der Waals surface area contributed by atoms with Crippen LogP contribution in [0.1, 0.15) is 18.0 Å². The molecule has 156 valence electrons. The maximum atomic E-state index is 13.4. The average molecular weight is 429 g/mol. The van der Waals surface area contributed by atoms with Gasteiger partial charge in [0.25, 0.3) is 0 Å². The fourth-order valence-corrected chi connectivity index (χ4v) is 3.56. The fourth-order valence-electron chi connectivity index (χ4n) is 3.04. The Balaban J connectivity index is 2.07. The van der Waals surface area contributed by atoms with E-state index in [0.717, 1.165) is 0 Å². The third-order valence-corrected chi connectivity index (χ3v) is 5.40. The van der Waals surface area contributed by atoms with Crippen LogP contribution in [0.15, 0.2) is 52.5 Å². The number of anilines is 1. The lowest BCUT2D eigenvalue weighted by Crippen LogP contribution is -2.21. The van der Waals surface area contributed by atoms with Crippen LogP contribution < -0.4 is 19.6 Å². The van der Waals surface area contributed by atoms with Gasteiger partial charge in [-0.3, -0.25) is 5.01 Å². The number of nitrogens with two attached hydrogens (primary N) is 1. The Morgan fingerprint density at radius 3 is 2.28 bits per heavy atom. The lowest BCUT2D eigenvalue weighted by molar-refractivity contribution is -0.0600. The van der Waals surface area contributed by atoms with Gasteiger partial charge in [0.2, 0.25) is 10.0 Å². The third kappa shape index (κ3) is 4.30. The van der Waals surface area contributed by atoms with Gasteiger partial charge in [-0.15, -0.1) is 0 Å². The van der Waals surface area contributed by atoms with Crippen LogP contribution >= 0.6 is 0 Å². The van der Waals surface area contributed by atoms with Crippen molar-refractivity contribution in [1.29, 1.82) is 0 Å². The summed E-state index contributed by atoms with van der Waals surface area (Å²) in [4.78, 5) is -0.154. The first kappa shape index (κ1) is 20.9. The SMILES string of the molecule is COc1ccc(C2CC(C(F)(F)F)=NN2c2ccc(S(N)(=O)=O)cc2)c(OC)c1. The van der Waals surface area contributed by atoms with Crippen LogP contribution in [0.25, 0.3) is 0 Å². The largest absolute Gasteiger partial charge is 0.497 e. The Morgan fingerprint density at radius 2 is 1.76 bits per heavy atom. The highest BCUT2D eigenvalue weighted by Crippen LogP contribution is 2.43. The molecule has 0 aliphatic carbocycles. The number of benzene rings is 2. The number of ether oxygens (including phenoxy) is 2. The molecule has 0 aromatic heterocycles. The van der Waals surface area contributed by atoms with Gasteiger partial charge in [0.15, 0.2) is 0 Å². The summed E-state index contributed by atoms with van der Waals surface area (Å²) in [6, 6.07) is 9.13. The Bertz CT molecular complexity index is 1040. The molecule has 0 saturated carbocycles. The molecule has 0 bridgehead atoms. The maximum absolute atomic E-state index is 13.4. The van der Waals surface area contributed by atoms with Crippen molar-refractivity contribution < 1.29 is 31.1 Å². The van der Waals surface area contributed by atoms with Crippen molar-refractivity contribution in [3.63, 3.8) is 0 Å². The lowest BCUT2D eigenvalue weighted by atomic mass is 10.00. The van der Waals surface area contributed by atoms with E-state index in [2.05, 4.69) is 5.10 Å². The monoisotopic (exact) mass is 429 g/mol. The van der Waals surface area contributed by atoms with Gasteiger partial charge in [-0.25, -0.2) is 13.6 Å². The molecular formula is C18H18F3N3O4S. The van der Waals surface area contributed by atoms with Gasteiger partial charge >= 0.3 is 6.18 Å². The molecule has 0 amide bonds. The normalized spacial score (nSPS) is 17.2. The molecule has 0 fully saturated rings. The Morgan fingerprint density at radius 1 is 1.10 bits per heavy atom. The zero-order valence-electron chi connectivity index (χ0n) is 15.5. The van der Waals surface area contributed by atoms with Crippen LogP contribution in [0.4, 0.5) is 18.9 Å². The van der Waals surface area contributed by atoms with Crippen LogP contribution in [-0.2, 0) is 10.0 Å². The van der Waals surface area contributed by atoms with Gasteiger partial charge in [-0.1, -0.05) is 0 Å². The topological polar surface area (TPSA) is 94.2 Å². The van der Waals surface area contributed by atoms with E-state index >= 15 is 0 Å². The van der Waals surface area contributed by atoms with Crippen molar-refractivity contribution in [3.8, 4) is 11.5 Å². The van der Waals surface area contributed by atoms with Crippen LogP contribution in [0, 0.1) is 0 Å². The Kier molecular flexibility index (Phi) is 5.46. The zero-order chi connectivity index (χ0) is 21.4. The summed E-state index contributed by atoms with van der Waals surface area (Å²) < 4.78 is 73.4. The van der Waals surface area contributed by atoms with Gasteiger partial charge in [-0.05, 0) is 36.4 Å². The molecule has 1 atom stereocenters. The number of alkyl halides is 3. The molecule has 2 N–H and O–H groups in total. The summed E-state index contributed by atoms with van der Waals surface area (Å²) in [6.07, 6.45) is -5.00. The van der Waals surface area contributed by atoms with Crippen molar-refractivity contribution in [1.82, 2.24) is 0 Å². The number of rotatable bonds is 5. The molecule has 1 heterocycles.